The lowest BCUT2D eigenvalue weighted by Crippen LogP contribution is -2.47. The van der Waals surface area contributed by atoms with Crippen LogP contribution in [0.15, 0.2) is 18.2 Å². The highest BCUT2D eigenvalue weighted by Crippen LogP contribution is 2.61. The zero-order chi connectivity index (χ0) is 20.9. The summed E-state index contributed by atoms with van der Waals surface area (Å²) >= 11 is 0. The molecule has 2 unspecified atom stereocenters. The van der Waals surface area contributed by atoms with Gasteiger partial charge in [0.05, 0.1) is 0 Å². The standard InChI is InChI=1S/C22H28O7/c1-22-9-8-14-13-5-3-12(23)10-11(13)2-4-15(14)16(22)6-7-17(22)29-21(28)19(25)18(24)20(26)27/h3,5,10,14-19,23-25H,2,4,6-9H2,1H3,(H,26,27)/t14-,15-,16+,17+,18?,19?,22+/m1/s1. The molecule has 4 N–H and O–H groups in total. The number of phenolic OH excluding ortho intramolecular Hbond substituents is 1. The highest BCUT2D eigenvalue weighted by molar-refractivity contribution is 5.84. The molecule has 2 saturated carbocycles. The van der Waals surface area contributed by atoms with Gasteiger partial charge in [-0.3, -0.25) is 0 Å². The van der Waals surface area contributed by atoms with E-state index in [1.165, 1.54) is 11.1 Å². The van der Waals surface area contributed by atoms with E-state index in [2.05, 4.69) is 6.92 Å². The van der Waals surface area contributed by atoms with Crippen LogP contribution in [0.1, 0.15) is 56.1 Å². The third-order valence-electron chi connectivity index (χ3n) is 7.68. The van der Waals surface area contributed by atoms with Crippen molar-refractivity contribution in [3.63, 3.8) is 0 Å². The smallest absolute Gasteiger partial charge is 0.338 e. The van der Waals surface area contributed by atoms with Crippen LogP contribution < -0.4 is 0 Å². The third kappa shape index (κ3) is 3.30. The second-order valence-corrected chi connectivity index (χ2v) is 9.07. The molecule has 0 saturated heterocycles. The quantitative estimate of drug-likeness (QED) is 0.566. The minimum Gasteiger partial charge on any atom is -0.508 e. The average Bonchev–Trinajstić information content (AvgIpc) is 3.02. The Bertz CT molecular complexity index is 821. The predicted octanol–water partition coefficient (Wildman–Crippen LogP) is 1.97. The summed E-state index contributed by atoms with van der Waals surface area (Å²) in [4.78, 5) is 23.0. The molecule has 0 aliphatic heterocycles. The van der Waals surface area contributed by atoms with E-state index in [-0.39, 0.29) is 5.41 Å². The van der Waals surface area contributed by atoms with E-state index >= 15 is 0 Å². The van der Waals surface area contributed by atoms with E-state index in [4.69, 9.17) is 9.84 Å². The van der Waals surface area contributed by atoms with Crippen molar-refractivity contribution < 1.29 is 34.8 Å². The number of aromatic hydroxyl groups is 1. The molecule has 7 heteroatoms. The van der Waals surface area contributed by atoms with Gasteiger partial charge in [-0.15, -0.1) is 0 Å². The number of fused-ring (bicyclic) bond motifs is 5. The molecule has 2 fully saturated rings. The van der Waals surface area contributed by atoms with Crippen molar-refractivity contribution in [2.45, 2.75) is 69.7 Å². The second-order valence-electron chi connectivity index (χ2n) is 9.07. The molecule has 0 amide bonds. The van der Waals surface area contributed by atoms with Crippen molar-refractivity contribution >= 4 is 11.9 Å². The fraction of sp³-hybridized carbons (Fsp3) is 0.636. The molecule has 4 rings (SSSR count). The number of aryl methyl sites for hydroxylation is 1. The first-order chi connectivity index (χ1) is 13.7. The molecule has 3 aliphatic carbocycles. The summed E-state index contributed by atoms with van der Waals surface area (Å²) in [5.74, 6) is -1.13. The lowest BCUT2D eigenvalue weighted by atomic mass is 9.55. The first kappa shape index (κ1) is 20.2. The van der Waals surface area contributed by atoms with Crippen LogP contribution in [-0.2, 0) is 20.7 Å². The largest absolute Gasteiger partial charge is 0.508 e. The summed E-state index contributed by atoms with van der Waals surface area (Å²) in [6.45, 7) is 2.13. The van der Waals surface area contributed by atoms with Gasteiger partial charge in [0.2, 0.25) is 0 Å². The predicted molar refractivity (Wildman–Crippen MR) is 102 cm³/mol. The number of ether oxygens (including phenoxy) is 1. The van der Waals surface area contributed by atoms with Crippen LogP contribution in [-0.4, -0.2) is 50.7 Å². The number of carboxylic acid groups (broad SMARTS) is 1. The number of carbonyl (C=O) groups is 2. The van der Waals surface area contributed by atoms with Crippen molar-refractivity contribution in [1.29, 1.82) is 0 Å². The molecule has 0 heterocycles. The average molecular weight is 404 g/mol. The number of carboxylic acids is 1. The normalized spacial score (nSPS) is 35.0. The van der Waals surface area contributed by atoms with Gasteiger partial charge in [-0.05, 0) is 79.5 Å². The van der Waals surface area contributed by atoms with Crippen LogP contribution in [0.25, 0.3) is 0 Å². The number of rotatable bonds is 4. The number of hydrogen-bond donors (Lipinski definition) is 4. The van der Waals surface area contributed by atoms with Crippen molar-refractivity contribution in [3.05, 3.63) is 29.3 Å². The molecule has 0 spiro atoms. The van der Waals surface area contributed by atoms with Crippen molar-refractivity contribution in [2.75, 3.05) is 0 Å². The summed E-state index contributed by atoms with van der Waals surface area (Å²) < 4.78 is 5.54. The first-order valence-corrected chi connectivity index (χ1v) is 10.3. The molecule has 7 nitrogen and oxygen atoms in total. The number of phenols is 1. The van der Waals surface area contributed by atoms with E-state index in [1.807, 2.05) is 12.1 Å². The van der Waals surface area contributed by atoms with Crippen LogP contribution in [0.5, 0.6) is 5.75 Å². The number of aliphatic hydroxyl groups excluding tert-OH is 2. The SMILES string of the molecule is C[C@]12CC[C@@H]3c4ccc(O)cc4CC[C@H]3[C@@H]1CC[C@@H]2OC(=O)C(O)C(O)C(=O)O. The van der Waals surface area contributed by atoms with Gasteiger partial charge in [-0.2, -0.15) is 0 Å². The fourth-order valence-electron chi connectivity index (χ4n) is 6.19. The summed E-state index contributed by atoms with van der Waals surface area (Å²) in [5.41, 5.74) is 2.32. The van der Waals surface area contributed by atoms with Gasteiger partial charge >= 0.3 is 11.9 Å². The van der Waals surface area contributed by atoms with Gasteiger partial charge in [-0.25, -0.2) is 9.59 Å². The highest BCUT2D eigenvalue weighted by Gasteiger charge is 2.56. The zero-order valence-electron chi connectivity index (χ0n) is 16.5. The number of aliphatic hydroxyl groups is 2. The van der Waals surface area contributed by atoms with E-state index in [1.54, 1.807) is 6.07 Å². The summed E-state index contributed by atoms with van der Waals surface area (Å²) in [6.07, 6.45) is 0.717. The van der Waals surface area contributed by atoms with Gasteiger partial charge < -0.3 is 25.2 Å². The molecule has 1 aromatic rings. The van der Waals surface area contributed by atoms with Crippen LogP contribution in [0.2, 0.25) is 0 Å². The number of aliphatic carboxylic acids is 1. The molecule has 0 bridgehead atoms. The van der Waals surface area contributed by atoms with Crippen LogP contribution in [0.3, 0.4) is 0 Å². The summed E-state index contributed by atoms with van der Waals surface area (Å²) in [6, 6.07) is 5.66. The lowest BCUT2D eigenvalue weighted by molar-refractivity contribution is -0.179. The van der Waals surface area contributed by atoms with Crippen molar-refractivity contribution in [2.24, 2.45) is 17.3 Å². The Morgan fingerprint density at radius 3 is 2.62 bits per heavy atom. The first-order valence-electron chi connectivity index (χ1n) is 10.3. The maximum absolute atomic E-state index is 12.2. The molecule has 0 radical (unpaired) electrons. The van der Waals surface area contributed by atoms with Crippen LogP contribution in [0, 0.1) is 17.3 Å². The Morgan fingerprint density at radius 2 is 1.90 bits per heavy atom. The van der Waals surface area contributed by atoms with E-state index in [0.29, 0.717) is 29.9 Å². The Balaban J connectivity index is 1.50. The topological polar surface area (TPSA) is 124 Å². The summed E-state index contributed by atoms with van der Waals surface area (Å²) in [7, 11) is 0. The molecule has 29 heavy (non-hydrogen) atoms. The molecular formula is C22H28O7. The monoisotopic (exact) mass is 404 g/mol. The maximum atomic E-state index is 12.2. The fourth-order valence-corrected chi connectivity index (χ4v) is 6.19. The zero-order valence-corrected chi connectivity index (χ0v) is 16.5. The molecule has 3 aliphatic rings. The van der Waals surface area contributed by atoms with E-state index < -0.39 is 30.3 Å². The van der Waals surface area contributed by atoms with Gasteiger partial charge in [0.15, 0.2) is 12.2 Å². The second kappa shape index (κ2) is 7.29. The number of hydrogen-bond acceptors (Lipinski definition) is 6. The van der Waals surface area contributed by atoms with E-state index in [0.717, 1.165) is 32.1 Å². The Hall–Kier alpha value is -2.12. The van der Waals surface area contributed by atoms with Crippen molar-refractivity contribution in [1.82, 2.24) is 0 Å². The Labute approximate surface area is 169 Å². The van der Waals surface area contributed by atoms with Gasteiger partial charge in [-0.1, -0.05) is 13.0 Å². The number of esters is 1. The third-order valence-corrected chi connectivity index (χ3v) is 7.68. The van der Waals surface area contributed by atoms with Gasteiger partial charge in [0.1, 0.15) is 11.9 Å². The lowest BCUT2D eigenvalue weighted by Gasteiger charge is -2.50. The Morgan fingerprint density at radius 1 is 1.14 bits per heavy atom. The molecule has 7 atom stereocenters. The van der Waals surface area contributed by atoms with Gasteiger partial charge in [0.25, 0.3) is 0 Å². The number of benzene rings is 1. The van der Waals surface area contributed by atoms with Crippen molar-refractivity contribution in [3.8, 4) is 5.75 Å². The minimum absolute atomic E-state index is 0.223. The van der Waals surface area contributed by atoms with Crippen LogP contribution in [0.4, 0.5) is 0 Å². The highest BCUT2D eigenvalue weighted by atomic mass is 16.6. The van der Waals surface area contributed by atoms with Gasteiger partial charge in [0, 0.05) is 5.41 Å². The minimum atomic E-state index is -2.19. The summed E-state index contributed by atoms with van der Waals surface area (Å²) in [5, 5.41) is 37.8. The molecular weight excluding hydrogens is 376 g/mol. The maximum Gasteiger partial charge on any atom is 0.338 e. The molecule has 0 aromatic heterocycles. The van der Waals surface area contributed by atoms with E-state index in [9.17, 15) is 24.9 Å². The molecule has 158 valence electrons. The molecule has 1 aromatic carbocycles. The van der Waals surface area contributed by atoms with Crippen LogP contribution >= 0.6 is 0 Å². The Kier molecular flexibility index (Phi) is 5.07. The number of carbonyl (C=O) groups excluding carboxylic acids is 1.